The Bertz CT molecular complexity index is 627. The second-order valence-corrected chi connectivity index (χ2v) is 8.64. The zero-order chi connectivity index (χ0) is 17.0. The smallest absolute Gasteiger partial charge is 0.282 e. The first-order valence-corrected chi connectivity index (χ1v) is 10.4. The quantitative estimate of drug-likeness (QED) is 0.818. The van der Waals surface area contributed by atoms with Gasteiger partial charge in [0.2, 0.25) is 0 Å². The van der Waals surface area contributed by atoms with Crippen molar-refractivity contribution >= 4 is 10.2 Å². The summed E-state index contributed by atoms with van der Waals surface area (Å²) in [5, 5.41) is 0. The van der Waals surface area contributed by atoms with Gasteiger partial charge in [-0.1, -0.05) is 37.3 Å². The largest absolute Gasteiger partial charge is 0.380 e. The first kappa shape index (κ1) is 17.9. The van der Waals surface area contributed by atoms with Crippen molar-refractivity contribution in [1.29, 1.82) is 0 Å². The molecule has 5 nitrogen and oxygen atoms in total. The normalized spacial score (nSPS) is 27.2. The van der Waals surface area contributed by atoms with Crippen LogP contribution >= 0.6 is 0 Å². The van der Waals surface area contributed by atoms with Crippen molar-refractivity contribution in [2.24, 2.45) is 0 Å². The van der Waals surface area contributed by atoms with Crippen LogP contribution in [0.25, 0.3) is 0 Å². The molecule has 3 rings (SSSR count). The van der Waals surface area contributed by atoms with Crippen LogP contribution in [-0.2, 0) is 21.4 Å². The van der Waals surface area contributed by atoms with E-state index in [0.717, 1.165) is 32.1 Å². The molecule has 1 atom stereocenters. The molecule has 0 saturated carbocycles. The van der Waals surface area contributed by atoms with Gasteiger partial charge < -0.3 is 4.74 Å². The molecule has 2 fully saturated rings. The van der Waals surface area contributed by atoms with E-state index < -0.39 is 10.2 Å². The van der Waals surface area contributed by atoms with Crippen LogP contribution in [0.4, 0.5) is 0 Å². The number of ether oxygens (including phenoxy) is 1. The average molecular weight is 353 g/mol. The van der Waals surface area contributed by atoms with Crippen LogP contribution in [0, 0.1) is 0 Å². The Morgan fingerprint density at radius 3 is 2.62 bits per heavy atom. The van der Waals surface area contributed by atoms with E-state index in [2.05, 4.69) is 19.1 Å². The molecule has 2 saturated heterocycles. The van der Waals surface area contributed by atoms with E-state index in [-0.39, 0.29) is 5.54 Å². The van der Waals surface area contributed by atoms with Crippen molar-refractivity contribution in [2.45, 2.75) is 44.6 Å². The molecular weight excluding hydrogens is 324 g/mol. The maximum absolute atomic E-state index is 13.3. The number of rotatable bonds is 5. The third-order valence-corrected chi connectivity index (χ3v) is 7.50. The van der Waals surface area contributed by atoms with Gasteiger partial charge in [0, 0.05) is 31.8 Å². The van der Waals surface area contributed by atoms with Crippen molar-refractivity contribution in [3.8, 4) is 0 Å². The van der Waals surface area contributed by atoms with Crippen LogP contribution in [0.5, 0.6) is 0 Å². The van der Waals surface area contributed by atoms with Gasteiger partial charge in [-0.2, -0.15) is 17.0 Å². The van der Waals surface area contributed by atoms with Crippen molar-refractivity contribution in [3.63, 3.8) is 0 Å². The van der Waals surface area contributed by atoms with Crippen molar-refractivity contribution in [2.75, 3.05) is 32.8 Å². The van der Waals surface area contributed by atoms with E-state index >= 15 is 0 Å². The predicted octanol–water partition coefficient (Wildman–Crippen LogP) is 2.44. The highest BCUT2D eigenvalue weighted by Gasteiger charge is 2.47. The summed E-state index contributed by atoms with van der Waals surface area (Å²) in [7, 11) is -3.44. The lowest BCUT2D eigenvalue weighted by atomic mass is 9.87. The van der Waals surface area contributed by atoms with Crippen LogP contribution in [0.1, 0.15) is 38.2 Å². The minimum Gasteiger partial charge on any atom is -0.380 e. The van der Waals surface area contributed by atoms with E-state index in [1.54, 1.807) is 8.61 Å². The van der Waals surface area contributed by atoms with Gasteiger partial charge >= 0.3 is 0 Å². The number of benzene rings is 1. The molecule has 2 aliphatic heterocycles. The Labute approximate surface area is 145 Å². The van der Waals surface area contributed by atoms with Crippen LogP contribution in [0.2, 0.25) is 0 Å². The first-order valence-electron chi connectivity index (χ1n) is 8.98. The second-order valence-electron chi connectivity index (χ2n) is 6.79. The average Bonchev–Trinajstić information content (AvgIpc) is 2.82. The van der Waals surface area contributed by atoms with Crippen LogP contribution < -0.4 is 0 Å². The third-order valence-electron chi connectivity index (χ3n) is 5.35. The van der Waals surface area contributed by atoms with Gasteiger partial charge in [0.1, 0.15) is 0 Å². The number of hydrogen-bond donors (Lipinski definition) is 0. The van der Waals surface area contributed by atoms with Crippen molar-refractivity contribution in [1.82, 2.24) is 8.61 Å². The van der Waals surface area contributed by atoms with E-state index in [4.69, 9.17) is 4.74 Å². The minimum absolute atomic E-state index is 0.298. The van der Waals surface area contributed by atoms with E-state index in [9.17, 15) is 8.42 Å². The topological polar surface area (TPSA) is 49.9 Å². The predicted molar refractivity (Wildman–Crippen MR) is 95.0 cm³/mol. The van der Waals surface area contributed by atoms with E-state index in [1.807, 2.05) is 18.2 Å². The van der Waals surface area contributed by atoms with E-state index in [0.29, 0.717) is 32.8 Å². The van der Waals surface area contributed by atoms with Crippen molar-refractivity contribution in [3.05, 3.63) is 35.9 Å². The Balaban J connectivity index is 1.86. The van der Waals surface area contributed by atoms with Crippen molar-refractivity contribution < 1.29 is 13.2 Å². The number of nitrogens with zero attached hydrogens (tertiary/aromatic N) is 2. The highest BCUT2D eigenvalue weighted by Crippen LogP contribution is 2.38. The molecule has 1 aromatic rings. The molecule has 0 amide bonds. The molecule has 2 heterocycles. The summed E-state index contributed by atoms with van der Waals surface area (Å²) in [5.41, 5.74) is 0.911. The standard InChI is InChI=1S/C18H28N2O3S/c1-2-18(16-17-8-4-3-5-9-17)10-6-12-20(18)24(21,22)19-11-7-14-23-15-13-19/h3-5,8-9H,2,6-7,10-16H2,1H3. The van der Waals surface area contributed by atoms with Crippen LogP contribution in [0.15, 0.2) is 30.3 Å². The summed E-state index contributed by atoms with van der Waals surface area (Å²) < 4.78 is 35.5. The van der Waals surface area contributed by atoms with Gasteiger partial charge in [-0.25, -0.2) is 0 Å². The fraction of sp³-hybridized carbons (Fsp3) is 0.667. The molecular formula is C18H28N2O3S. The van der Waals surface area contributed by atoms with Gasteiger partial charge in [0.15, 0.2) is 0 Å². The maximum atomic E-state index is 13.3. The molecule has 2 aliphatic rings. The Morgan fingerprint density at radius 1 is 1.08 bits per heavy atom. The molecule has 0 bridgehead atoms. The van der Waals surface area contributed by atoms with Gasteiger partial charge in [0.05, 0.1) is 6.61 Å². The highest BCUT2D eigenvalue weighted by atomic mass is 32.2. The lowest BCUT2D eigenvalue weighted by Gasteiger charge is -2.39. The molecule has 0 radical (unpaired) electrons. The molecule has 0 aromatic heterocycles. The molecule has 24 heavy (non-hydrogen) atoms. The molecule has 134 valence electrons. The zero-order valence-corrected chi connectivity index (χ0v) is 15.3. The summed E-state index contributed by atoms with van der Waals surface area (Å²) in [6.45, 7) is 4.90. The molecule has 0 N–H and O–H groups in total. The summed E-state index contributed by atoms with van der Waals surface area (Å²) in [6.07, 6.45) is 4.26. The third kappa shape index (κ3) is 3.52. The summed E-state index contributed by atoms with van der Waals surface area (Å²) in [5.74, 6) is 0. The van der Waals surface area contributed by atoms with Crippen LogP contribution in [-0.4, -0.2) is 55.4 Å². The molecule has 1 aromatic carbocycles. The summed E-state index contributed by atoms with van der Waals surface area (Å²) in [6, 6.07) is 10.3. The SMILES string of the molecule is CCC1(Cc2ccccc2)CCCN1S(=O)(=O)N1CCCOCC1. The maximum Gasteiger partial charge on any atom is 0.282 e. The Morgan fingerprint density at radius 2 is 1.88 bits per heavy atom. The monoisotopic (exact) mass is 352 g/mol. The lowest BCUT2D eigenvalue weighted by molar-refractivity contribution is 0.146. The Kier molecular flexibility index (Phi) is 5.59. The minimum atomic E-state index is -3.44. The zero-order valence-electron chi connectivity index (χ0n) is 14.5. The van der Waals surface area contributed by atoms with Gasteiger partial charge in [0.25, 0.3) is 10.2 Å². The molecule has 1 unspecified atom stereocenters. The highest BCUT2D eigenvalue weighted by molar-refractivity contribution is 7.86. The Hall–Kier alpha value is -0.950. The van der Waals surface area contributed by atoms with Crippen LogP contribution in [0.3, 0.4) is 0 Å². The second kappa shape index (κ2) is 7.52. The van der Waals surface area contributed by atoms with Gasteiger partial charge in [-0.3, -0.25) is 0 Å². The van der Waals surface area contributed by atoms with E-state index in [1.165, 1.54) is 5.56 Å². The summed E-state index contributed by atoms with van der Waals surface area (Å²) >= 11 is 0. The molecule has 6 heteroatoms. The summed E-state index contributed by atoms with van der Waals surface area (Å²) in [4.78, 5) is 0. The molecule has 0 spiro atoms. The lowest BCUT2D eigenvalue weighted by Crippen LogP contribution is -2.54. The van der Waals surface area contributed by atoms with Gasteiger partial charge in [-0.05, 0) is 37.7 Å². The number of hydrogen-bond acceptors (Lipinski definition) is 3. The first-order chi connectivity index (χ1) is 11.6. The van der Waals surface area contributed by atoms with Gasteiger partial charge in [-0.15, -0.1) is 0 Å². The molecule has 0 aliphatic carbocycles. The fourth-order valence-corrected chi connectivity index (χ4v) is 6.08. The fourth-order valence-electron chi connectivity index (χ4n) is 4.00.